The molecule has 0 radical (unpaired) electrons. The Hall–Kier alpha value is -5.37. The molecule has 0 saturated heterocycles. The molecule has 0 aliphatic heterocycles. The number of alkyl halides is 3. The molecule has 7 aromatic rings. The Morgan fingerprint density at radius 2 is 0.969 bits per heavy atom. The molecule has 1 aromatic heterocycles. The maximum Gasteiger partial charge on any atom is 3.00 e. The number of hydrogen-bond acceptors (Lipinski definition) is 2. The first-order chi connectivity index (χ1) is 30.0. The van der Waals surface area contributed by atoms with Gasteiger partial charge in [-0.05, 0) is 77.5 Å². The van der Waals surface area contributed by atoms with Crippen molar-refractivity contribution in [2.24, 2.45) is 4.99 Å². The molecule has 7 rings (SSSR count). The van der Waals surface area contributed by atoms with Gasteiger partial charge >= 0.3 is 26.3 Å². The third kappa shape index (κ3) is 15.4. The number of nitrogens with one attached hydrogen (secondary N) is 2. The van der Waals surface area contributed by atoms with E-state index < -0.39 is 57.0 Å². The van der Waals surface area contributed by atoms with Gasteiger partial charge in [0.1, 0.15) is 5.84 Å². The molecule has 64 heavy (non-hydrogen) atoms. The van der Waals surface area contributed by atoms with Crippen LogP contribution in [0.2, 0.25) is 0 Å². The number of nitrogens with zero attached hydrogens (tertiary/aromatic N) is 2. The molecule has 330 valence electrons. The normalized spacial score (nSPS) is 11.5. The van der Waals surface area contributed by atoms with E-state index in [1.54, 1.807) is 6.07 Å². The summed E-state index contributed by atoms with van der Waals surface area (Å²) in [4.78, 5) is 6.73. The zero-order valence-electron chi connectivity index (χ0n) is 34.9. The molecule has 1 heterocycles. The largest absolute Gasteiger partial charge is 3.00 e. The quantitative estimate of drug-likeness (QED) is 0.0505. The summed E-state index contributed by atoms with van der Waals surface area (Å²) in [5.41, 5.74) is 9.00. The summed E-state index contributed by atoms with van der Waals surface area (Å²) >= 11 is 0. The van der Waals surface area contributed by atoms with E-state index in [0.29, 0.717) is 23.5 Å². The van der Waals surface area contributed by atoms with E-state index in [2.05, 4.69) is 70.6 Å². The Kier molecular flexibility index (Phi) is 19.3. The molecule has 0 spiro atoms. The van der Waals surface area contributed by atoms with E-state index in [0.717, 1.165) is 17.7 Å². The van der Waals surface area contributed by atoms with Crippen LogP contribution in [0.1, 0.15) is 43.2 Å². The second kappa shape index (κ2) is 24.1. The van der Waals surface area contributed by atoms with Crippen molar-refractivity contribution in [3.63, 3.8) is 0 Å². The summed E-state index contributed by atoms with van der Waals surface area (Å²) < 4.78 is 90.6. The number of halogens is 7. The van der Waals surface area contributed by atoms with Gasteiger partial charge in [0, 0.05) is 29.5 Å². The third-order valence-electron chi connectivity index (χ3n) is 9.43. The Bertz CT molecular complexity index is 2370. The molecule has 0 fully saturated rings. The Morgan fingerprint density at radius 3 is 1.28 bits per heavy atom. The van der Waals surface area contributed by atoms with Gasteiger partial charge in [-0.25, -0.2) is 0 Å². The summed E-state index contributed by atoms with van der Waals surface area (Å²) in [6, 6.07) is 53.4. The van der Waals surface area contributed by atoms with E-state index in [1.165, 1.54) is 45.6 Å². The number of pyridine rings is 1. The first-order valence-corrected chi connectivity index (χ1v) is 23.0. The number of aliphatic imine (C=N–C) groups is 1. The van der Waals surface area contributed by atoms with Crippen LogP contribution < -0.4 is 21.2 Å². The van der Waals surface area contributed by atoms with Crippen molar-refractivity contribution in [3.8, 4) is 0 Å². The van der Waals surface area contributed by atoms with Crippen LogP contribution in [0.3, 0.4) is 0 Å². The first kappa shape index (κ1) is 51.3. The molecule has 0 unspecified atom stereocenters. The van der Waals surface area contributed by atoms with Gasteiger partial charge < -0.3 is 16.1 Å². The van der Waals surface area contributed by atoms with E-state index in [1.807, 2.05) is 93.6 Å². The molecule has 2 N–H and O–H groups in total. The van der Waals surface area contributed by atoms with Gasteiger partial charge in [-0.2, -0.15) is 25.3 Å². The van der Waals surface area contributed by atoms with Gasteiger partial charge in [0.05, 0.1) is 55.1 Å². The maximum absolute atomic E-state index is 14.0. The van der Waals surface area contributed by atoms with E-state index in [9.17, 15) is 30.7 Å². The number of benzene rings is 6. The second-order valence-electron chi connectivity index (χ2n) is 15.1. The molecular formula is C50H44F7IrN4P2+2. The number of rotatable bonds is 9. The summed E-state index contributed by atoms with van der Waals surface area (Å²) in [6.07, 6.45) is -2.35. The first-order valence-electron chi connectivity index (χ1n) is 19.6. The summed E-state index contributed by atoms with van der Waals surface area (Å²) in [6.45, 7) is 5.81. The topological polar surface area (TPSA) is 72.9 Å². The molecule has 0 atom stereocenters. The van der Waals surface area contributed by atoms with Gasteiger partial charge in [0.25, 0.3) is 0 Å². The fourth-order valence-electron chi connectivity index (χ4n) is 6.13. The van der Waals surface area contributed by atoms with E-state index in [4.69, 9.17) is 11.1 Å². The zero-order chi connectivity index (χ0) is 45.6. The predicted molar refractivity (Wildman–Crippen MR) is 246 cm³/mol. The van der Waals surface area contributed by atoms with Crippen LogP contribution in [-0.2, 0) is 37.8 Å². The molecule has 4 nitrogen and oxygen atoms in total. The van der Waals surface area contributed by atoms with Crippen molar-refractivity contribution in [3.05, 3.63) is 227 Å². The summed E-state index contributed by atoms with van der Waals surface area (Å²) in [5, 5.41) is 11.6. The van der Waals surface area contributed by atoms with Crippen LogP contribution in [0.25, 0.3) is 5.73 Å². The molecule has 6 aromatic carbocycles. The fraction of sp³-hybridized carbons (Fsp3) is 0.140. The van der Waals surface area contributed by atoms with Crippen LogP contribution in [0.5, 0.6) is 0 Å². The smallest absolute Gasteiger partial charge is 0.480 e. The van der Waals surface area contributed by atoms with Crippen molar-refractivity contribution in [1.82, 2.24) is 4.98 Å². The minimum atomic E-state index is -4.85. The molecule has 0 aliphatic rings. The minimum absolute atomic E-state index is 0. The number of hydrogen-bond donors (Lipinski definition) is 1. The third-order valence-corrected chi connectivity index (χ3v) is 15.0. The van der Waals surface area contributed by atoms with Gasteiger partial charge in [0.2, 0.25) is 0 Å². The maximum atomic E-state index is 14.0. The Morgan fingerprint density at radius 1 is 0.609 bits per heavy atom. The summed E-state index contributed by atoms with van der Waals surface area (Å²) in [5.74, 6) is -4.69. The van der Waals surface area contributed by atoms with Crippen molar-refractivity contribution in [2.75, 3.05) is 0 Å². The van der Waals surface area contributed by atoms with E-state index in [-0.39, 0.29) is 31.2 Å². The molecular weight excluding hydrogens is 1040 g/mol. The second-order valence-corrected chi connectivity index (χ2v) is 20.0. The van der Waals surface area contributed by atoms with Crippen LogP contribution in [-0.4, -0.2) is 22.8 Å². The van der Waals surface area contributed by atoms with Crippen LogP contribution in [0.4, 0.5) is 30.7 Å². The molecule has 0 bridgehead atoms. The average molecular weight is 1090 g/mol. The van der Waals surface area contributed by atoms with Crippen molar-refractivity contribution < 1.29 is 50.8 Å². The Balaban J connectivity index is 0.000000210. The van der Waals surface area contributed by atoms with Crippen molar-refractivity contribution in [1.29, 1.82) is 5.41 Å². The zero-order valence-corrected chi connectivity index (χ0v) is 39.3. The summed E-state index contributed by atoms with van der Waals surface area (Å²) in [7, 11) is -2.36. The molecule has 0 saturated carbocycles. The molecule has 0 amide bonds. The minimum Gasteiger partial charge on any atom is -0.480 e. The van der Waals surface area contributed by atoms with Crippen LogP contribution in [0.15, 0.2) is 169 Å². The average Bonchev–Trinajstić information content (AvgIpc) is 3.27. The van der Waals surface area contributed by atoms with Crippen LogP contribution in [0, 0.1) is 40.8 Å². The van der Waals surface area contributed by atoms with Gasteiger partial charge in [-0.3, -0.25) is 22.5 Å². The van der Waals surface area contributed by atoms with Gasteiger partial charge in [-0.1, -0.05) is 105 Å². The van der Waals surface area contributed by atoms with Gasteiger partial charge in [0.15, 0.2) is 0 Å². The SMILES string of the molecule is CC(C)(C)c1ccnc(C([NH-])=NC(=N)C(F)(F)F)c1.Fc1c[c-]c(C[PH+](c2ccccc2)c2ccccc2)c(F)c1.Fc1c[c-]c(C[PH+](c2ccccc2)c2ccccc2)c(F)c1.[Ir+3]. The standard InChI is InChI=1S/2C19H14F2P.C12H14F3N4.Ir/c2*20-16-12-11-15(19(21)13-16)14-22(17-7-3-1-4-8-17)18-9-5-2-6-10-18;1-11(2,3)7-4-5-18-8(6-7)9(16)19-10(17)12(13,14)15;/h2*1-10,12-13H,14H2;4-6H,1-3H3,(H2-,16,17,19);/q3*-1;+3/p+2. The van der Waals surface area contributed by atoms with Gasteiger partial charge in [-0.15, -0.1) is 24.3 Å². The molecule has 14 heteroatoms. The van der Waals surface area contributed by atoms with Crippen LogP contribution >= 0.6 is 15.8 Å². The monoisotopic (exact) mass is 1090 g/mol. The van der Waals surface area contributed by atoms with E-state index >= 15 is 0 Å². The van der Waals surface area contributed by atoms with Crippen molar-refractivity contribution in [2.45, 2.75) is 44.7 Å². The number of aromatic nitrogens is 1. The fourth-order valence-corrected chi connectivity index (χ4v) is 11.2. The molecule has 0 aliphatic carbocycles. The number of amidine groups is 2. The Labute approximate surface area is 385 Å². The van der Waals surface area contributed by atoms with Crippen molar-refractivity contribution >= 4 is 48.7 Å². The predicted octanol–water partition coefficient (Wildman–Crippen LogP) is 12.0.